The lowest BCUT2D eigenvalue weighted by atomic mass is 10.0. The Morgan fingerprint density at radius 2 is 2.03 bits per heavy atom. The zero-order valence-corrected chi connectivity index (χ0v) is 17.3. The molecule has 2 N–H and O–H groups in total. The number of nitrogens with zero attached hydrogens (tertiary/aromatic N) is 2. The number of benzene rings is 2. The van der Waals surface area contributed by atoms with Crippen molar-refractivity contribution in [3.05, 3.63) is 54.2 Å². The minimum absolute atomic E-state index is 0.0281. The molecular weight excluding hydrogens is 380 g/mol. The van der Waals surface area contributed by atoms with Crippen molar-refractivity contribution in [2.24, 2.45) is 0 Å². The first-order valence-corrected chi connectivity index (χ1v) is 10.1. The molecule has 0 spiro atoms. The van der Waals surface area contributed by atoms with E-state index in [4.69, 9.17) is 4.74 Å². The zero-order chi connectivity index (χ0) is 21.1. The first kappa shape index (κ1) is 20.0. The Kier molecular flexibility index (Phi) is 5.72. The van der Waals surface area contributed by atoms with Crippen molar-refractivity contribution in [3.8, 4) is 5.75 Å². The SMILES string of the molecule is CN(C)CCn1ccc2ccc(NC(=O)COc3ccc4c(c3)CCC(=O)N4)cc21. The second kappa shape index (κ2) is 8.59. The summed E-state index contributed by atoms with van der Waals surface area (Å²) in [5.41, 5.74) is 3.67. The number of likely N-dealkylation sites (N-methyl/N-ethyl adjacent to an activating group) is 1. The van der Waals surface area contributed by atoms with Gasteiger partial charge in [0, 0.05) is 37.1 Å². The van der Waals surface area contributed by atoms with Gasteiger partial charge in [-0.15, -0.1) is 0 Å². The highest BCUT2D eigenvalue weighted by atomic mass is 16.5. The lowest BCUT2D eigenvalue weighted by Gasteiger charge is -2.17. The Bertz CT molecular complexity index is 1090. The zero-order valence-electron chi connectivity index (χ0n) is 17.3. The fraction of sp³-hybridized carbons (Fsp3) is 0.304. The maximum Gasteiger partial charge on any atom is 0.262 e. The number of aromatic nitrogens is 1. The molecule has 0 unspecified atom stereocenters. The van der Waals surface area contributed by atoms with Crippen LogP contribution in [0.3, 0.4) is 0 Å². The van der Waals surface area contributed by atoms with Crippen LogP contribution >= 0.6 is 0 Å². The number of nitrogens with one attached hydrogen (secondary N) is 2. The summed E-state index contributed by atoms with van der Waals surface area (Å²) >= 11 is 0. The average Bonchev–Trinajstić information content (AvgIpc) is 3.13. The van der Waals surface area contributed by atoms with Crippen molar-refractivity contribution in [2.75, 3.05) is 37.9 Å². The molecule has 156 valence electrons. The van der Waals surface area contributed by atoms with Gasteiger partial charge in [0.1, 0.15) is 5.75 Å². The van der Waals surface area contributed by atoms with Crippen LogP contribution in [0.2, 0.25) is 0 Å². The van der Waals surface area contributed by atoms with Gasteiger partial charge in [-0.1, -0.05) is 6.07 Å². The highest BCUT2D eigenvalue weighted by Crippen LogP contribution is 2.27. The molecule has 4 rings (SSSR count). The van der Waals surface area contributed by atoms with E-state index in [2.05, 4.69) is 46.5 Å². The molecule has 1 aliphatic rings. The number of carbonyl (C=O) groups is 2. The Balaban J connectivity index is 1.37. The largest absolute Gasteiger partial charge is 0.484 e. The summed E-state index contributed by atoms with van der Waals surface area (Å²) in [6, 6.07) is 13.4. The predicted octanol–water partition coefficient (Wildman–Crippen LogP) is 3.11. The van der Waals surface area contributed by atoms with Crippen LogP contribution in [0.25, 0.3) is 10.9 Å². The van der Waals surface area contributed by atoms with Gasteiger partial charge in [0.05, 0.1) is 5.52 Å². The number of carbonyl (C=O) groups excluding carboxylic acids is 2. The molecule has 0 aliphatic carbocycles. The maximum atomic E-state index is 12.4. The first-order chi connectivity index (χ1) is 14.5. The molecule has 0 radical (unpaired) electrons. The second-order valence-corrected chi connectivity index (χ2v) is 7.79. The Labute approximate surface area is 175 Å². The van der Waals surface area contributed by atoms with Crippen LogP contribution in [-0.4, -0.2) is 48.5 Å². The number of rotatable bonds is 7. The van der Waals surface area contributed by atoms with E-state index in [1.54, 1.807) is 6.07 Å². The number of fused-ring (bicyclic) bond motifs is 2. The van der Waals surface area contributed by atoms with E-state index in [0.717, 1.165) is 40.9 Å². The van der Waals surface area contributed by atoms with Gasteiger partial charge in [-0.2, -0.15) is 0 Å². The Hall–Kier alpha value is -3.32. The quantitative estimate of drug-likeness (QED) is 0.632. The van der Waals surface area contributed by atoms with Crippen LogP contribution in [0.5, 0.6) is 5.75 Å². The average molecular weight is 406 g/mol. The molecule has 30 heavy (non-hydrogen) atoms. The molecule has 2 heterocycles. The minimum atomic E-state index is -0.216. The van der Waals surface area contributed by atoms with Crippen LogP contribution in [-0.2, 0) is 22.6 Å². The van der Waals surface area contributed by atoms with Crippen LogP contribution in [0, 0.1) is 0 Å². The van der Waals surface area contributed by atoms with Gasteiger partial charge >= 0.3 is 0 Å². The summed E-state index contributed by atoms with van der Waals surface area (Å²) in [7, 11) is 4.10. The van der Waals surface area contributed by atoms with Gasteiger partial charge in [-0.05, 0) is 67.9 Å². The third kappa shape index (κ3) is 4.63. The number of hydrogen-bond acceptors (Lipinski definition) is 4. The molecule has 7 nitrogen and oxygen atoms in total. The summed E-state index contributed by atoms with van der Waals surface area (Å²) in [6.07, 6.45) is 3.22. The summed E-state index contributed by atoms with van der Waals surface area (Å²) in [6.45, 7) is 1.75. The van der Waals surface area contributed by atoms with Crippen LogP contribution in [0.1, 0.15) is 12.0 Å². The normalized spacial score (nSPS) is 13.2. The van der Waals surface area contributed by atoms with E-state index >= 15 is 0 Å². The molecule has 0 atom stereocenters. The summed E-state index contributed by atoms with van der Waals surface area (Å²) in [4.78, 5) is 26.0. The molecule has 2 aromatic carbocycles. The van der Waals surface area contributed by atoms with E-state index in [9.17, 15) is 9.59 Å². The highest BCUT2D eigenvalue weighted by molar-refractivity contribution is 5.95. The number of ether oxygens (including phenoxy) is 1. The third-order valence-corrected chi connectivity index (χ3v) is 5.19. The topological polar surface area (TPSA) is 75.6 Å². The fourth-order valence-electron chi connectivity index (χ4n) is 3.56. The molecule has 2 amide bonds. The van der Waals surface area contributed by atoms with Gasteiger partial charge in [0.2, 0.25) is 5.91 Å². The monoisotopic (exact) mass is 406 g/mol. The summed E-state index contributed by atoms with van der Waals surface area (Å²) < 4.78 is 7.85. The predicted molar refractivity (Wildman–Crippen MR) is 118 cm³/mol. The summed E-state index contributed by atoms with van der Waals surface area (Å²) in [5.74, 6) is 0.431. The lowest BCUT2D eigenvalue weighted by molar-refractivity contribution is -0.118. The van der Waals surface area contributed by atoms with Crippen molar-refractivity contribution in [2.45, 2.75) is 19.4 Å². The number of amides is 2. The second-order valence-electron chi connectivity index (χ2n) is 7.79. The number of hydrogen-bond donors (Lipinski definition) is 2. The van der Waals surface area contributed by atoms with Crippen LogP contribution in [0.15, 0.2) is 48.7 Å². The van der Waals surface area contributed by atoms with Crippen LogP contribution in [0.4, 0.5) is 11.4 Å². The molecule has 0 saturated heterocycles. The molecule has 0 saturated carbocycles. The summed E-state index contributed by atoms with van der Waals surface area (Å²) in [5, 5.41) is 6.89. The van der Waals surface area contributed by atoms with E-state index in [1.165, 1.54) is 0 Å². The first-order valence-electron chi connectivity index (χ1n) is 10.1. The minimum Gasteiger partial charge on any atom is -0.484 e. The maximum absolute atomic E-state index is 12.4. The fourth-order valence-corrected chi connectivity index (χ4v) is 3.56. The van der Waals surface area contributed by atoms with Crippen molar-refractivity contribution in [1.29, 1.82) is 0 Å². The van der Waals surface area contributed by atoms with E-state index in [-0.39, 0.29) is 18.4 Å². The Morgan fingerprint density at radius 1 is 1.17 bits per heavy atom. The number of anilines is 2. The molecular formula is C23H26N4O3. The van der Waals surface area contributed by atoms with Crippen molar-refractivity contribution in [1.82, 2.24) is 9.47 Å². The van der Waals surface area contributed by atoms with E-state index in [1.807, 2.05) is 30.3 Å². The van der Waals surface area contributed by atoms with Gasteiger partial charge in [0.25, 0.3) is 5.91 Å². The lowest BCUT2D eigenvalue weighted by Crippen LogP contribution is -2.21. The third-order valence-electron chi connectivity index (χ3n) is 5.19. The standard InChI is InChI=1S/C23H26N4O3/c1-26(2)11-12-27-10-9-16-3-5-18(14-21(16)27)24-23(29)15-30-19-6-7-20-17(13-19)4-8-22(28)25-20/h3,5-7,9-10,13-14H,4,8,11-12,15H2,1-2H3,(H,24,29)(H,25,28). The van der Waals surface area contributed by atoms with E-state index in [0.29, 0.717) is 18.6 Å². The number of aryl methyl sites for hydroxylation is 1. The van der Waals surface area contributed by atoms with Gasteiger partial charge < -0.3 is 24.8 Å². The van der Waals surface area contributed by atoms with Crippen molar-refractivity contribution < 1.29 is 14.3 Å². The van der Waals surface area contributed by atoms with Gasteiger partial charge in [-0.3, -0.25) is 9.59 Å². The molecule has 1 aliphatic heterocycles. The highest BCUT2D eigenvalue weighted by Gasteiger charge is 2.15. The van der Waals surface area contributed by atoms with Gasteiger partial charge in [-0.25, -0.2) is 0 Å². The van der Waals surface area contributed by atoms with Crippen molar-refractivity contribution in [3.63, 3.8) is 0 Å². The molecule has 3 aromatic rings. The Morgan fingerprint density at radius 3 is 2.87 bits per heavy atom. The molecule has 0 fully saturated rings. The smallest absolute Gasteiger partial charge is 0.262 e. The van der Waals surface area contributed by atoms with Crippen LogP contribution < -0.4 is 15.4 Å². The van der Waals surface area contributed by atoms with Crippen molar-refractivity contribution >= 4 is 34.1 Å². The molecule has 7 heteroatoms. The van der Waals surface area contributed by atoms with Gasteiger partial charge in [0.15, 0.2) is 6.61 Å². The molecule has 0 bridgehead atoms. The van der Waals surface area contributed by atoms with E-state index < -0.39 is 0 Å². The molecule has 1 aromatic heterocycles.